The van der Waals surface area contributed by atoms with E-state index in [1.54, 1.807) is 23.8 Å². The Labute approximate surface area is 150 Å². The zero-order valence-electron chi connectivity index (χ0n) is 14.2. The van der Waals surface area contributed by atoms with Crippen molar-refractivity contribution in [1.82, 2.24) is 29.8 Å². The highest BCUT2D eigenvalue weighted by molar-refractivity contribution is 7.13. The molecule has 0 aliphatic carbocycles. The molecule has 1 amide bonds. The maximum Gasteiger partial charge on any atom is 0.270 e. The van der Waals surface area contributed by atoms with Crippen LogP contribution in [0.15, 0.2) is 36.2 Å². The summed E-state index contributed by atoms with van der Waals surface area (Å²) in [4.78, 5) is 29.2. The van der Waals surface area contributed by atoms with Crippen molar-refractivity contribution in [2.75, 3.05) is 6.54 Å². The summed E-state index contributed by atoms with van der Waals surface area (Å²) in [5, 5.41) is 5.28. The molecule has 0 radical (unpaired) electrons. The van der Waals surface area contributed by atoms with Gasteiger partial charge in [0.05, 0.1) is 0 Å². The standard InChI is InChI=1S/C17H20N6OS/c1-12(2)15-20-8-10-23(15)9-4-7-21-16(24)13-11-25-17(22-13)14-18-5-3-6-19-14/h3,5-6,8,10-12H,4,7,9H2,1-2H3,(H,21,24). The average molecular weight is 356 g/mol. The lowest BCUT2D eigenvalue weighted by atomic mass is 10.2. The van der Waals surface area contributed by atoms with E-state index in [9.17, 15) is 4.79 Å². The van der Waals surface area contributed by atoms with Crippen LogP contribution >= 0.6 is 11.3 Å². The number of hydrogen-bond donors (Lipinski definition) is 1. The van der Waals surface area contributed by atoms with Crippen molar-refractivity contribution in [3.8, 4) is 10.8 Å². The molecule has 3 aromatic heterocycles. The van der Waals surface area contributed by atoms with Crippen LogP contribution in [0.1, 0.15) is 42.5 Å². The molecule has 0 bridgehead atoms. The van der Waals surface area contributed by atoms with Gasteiger partial charge >= 0.3 is 0 Å². The minimum absolute atomic E-state index is 0.173. The zero-order chi connectivity index (χ0) is 17.6. The van der Waals surface area contributed by atoms with Crippen LogP contribution in [0.2, 0.25) is 0 Å². The first-order valence-electron chi connectivity index (χ1n) is 8.17. The Morgan fingerprint density at radius 3 is 2.80 bits per heavy atom. The Morgan fingerprint density at radius 1 is 1.24 bits per heavy atom. The van der Waals surface area contributed by atoms with Crippen molar-refractivity contribution in [3.05, 3.63) is 47.8 Å². The number of nitrogens with zero attached hydrogens (tertiary/aromatic N) is 5. The molecule has 0 aromatic carbocycles. The van der Waals surface area contributed by atoms with Crippen LogP contribution < -0.4 is 5.32 Å². The van der Waals surface area contributed by atoms with E-state index in [-0.39, 0.29) is 5.91 Å². The summed E-state index contributed by atoms with van der Waals surface area (Å²) in [6.45, 7) is 5.66. The van der Waals surface area contributed by atoms with Crippen molar-refractivity contribution in [3.63, 3.8) is 0 Å². The van der Waals surface area contributed by atoms with E-state index in [0.717, 1.165) is 18.8 Å². The summed E-state index contributed by atoms with van der Waals surface area (Å²) in [5.41, 5.74) is 0.401. The number of carbonyl (C=O) groups excluding carboxylic acids is 1. The third-order valence-electron chi connectivity index (χ3n) is 3.62. The predicted octanol–water partition coefficient (Wildman–Crippen LogP) is 2.74. The van der Waals surface area contributed by atoms with E-state index in [0.29, 0.717) is 29.0 Å². The second kappa shape index (κ2) is 7.98. The van der Waals surface area contributed by atoms with Gasteiger partial charge in [0.2, 0.25) is 0 Å². The first kappa shape index (κ1) is 17.2. The van der Waals surface area contributed by atoms with Gasteiger partial charge in [-0.1, -0.05) is 13.8 Å². The molecule has 130 valence electrons. The van der Waals surface area contributed by atoms with Crippen LogP contribution in [-0.2, 0) is 6.54 Å². The van der Waals surface area contributed by atoms with E-state index < -0.39 is 0 Å². The van der Waals surface area contributed by atoms with Gasteiger partial charge in [-0.15, -0.1) is 11.3 Å². The summed E-state index contributed by atoms with van der Waals surface area (Å²) >= 11 is 1.36. The maximum atomic E-state index is 12.2. The highest BCUT2D eigenvalue weighted by Gasteiger charge is 2.13. The molecule has 8 heteroatoms. The predicted molar refractivity (Wildman–Crippen MR) is 96.4 cm³/mol. The van der Waals surface area contributed by atoms with Gasteiger partial charge in [0.15, 0.2) is 10.8 Å². The fourth-order valence-electron chi connectivity index (χ4n) is 2.44. The molecule has 0 unspecified atom stereocenters. The molecule has 3 heterocycles. The summed E-state index contributed by atoms with van der Waals surface area (Å²) in [7, 11) is 0. The Balaban J connectivity index is 1.50. The van der Waals surface area contributed by atoms with Crippen LogP contribution in [-0.4, -0.2) is 37.0 Å². The van der Waals surface area contributed by atoms with Crippen LogP contribution in [0, 0.1) is 0 Å². The molecule has 0 aliphatic heterocycles. The fourth-order valence-corrected chi connectivity index (χ4v) is 3.19. The lowest BCUT2D eigenvalue weighted by Crippen LogP contribution is -2.25. The van der Waals surface area contributed by atoms with E-state index >= 15 is 0 Å². The highest BCUT2D eigenvalue weighted by atomic mass is 32.1. The van der Waals surface area contributed by atoms with E-state index in [1.165, 1.54) is 11.3 Å². The number of thiazole rings is 1. The Morgan fingerprint density at radius 2 is 2.04 bits per heavy atom. The second-order valence-corrected chi connectivity index (χ2v) is 6.71. The normalized spacial score (nSPS) is 11.0. The van der Waals surface area contributed by atoms with Crippen molar-refractivity contribution in [1.29, 1.82) is 0 Å². The van der Waals surface area contributed by atoms with Gasteiger partial charge in [-0.05, 0) is 12.5 Å². The van der Waals surface area contributed by atoms with Gasteiger partial charge in [0.1, 0.15) is 11.5 Å². The molecule has 3 rings (SSSR count). The van der Waals surface area contributed by atoms with Crippen molar-refractivity contribution >= 4 is 17.2 Å². The van der Waals surface area contributed by atoms with E-state index in [4.69, 9.17) is 0 Å². The van der Waals surface area contributed by atoms with Gasteiger partial charge < -0.3 is 9.88 Å². The minimum atomic E-state index is -0.173. The summed E-state index contributed by atoms with van der Waals surface area (Å²) in [6.07, 6.45) is 7.94. The van der Waals surface area contributed by atoms with E-state index in [1.807, 2.05) is 12.4 Å². The number of rotatable bonds is 7. The average Bonchev–Trinajstić information content (AvgIpc) is 3.28. The van der Waals surface area contributed by atoms with Gasteiger partial charge in [-0.3, -0.25) is 4.79 Å². The molecule has 0 atom stereocenters. The maximum absolute atomic E-state index is 12.2. The number of imidazole rings is 1. The van der Waals surface area contributed by atoms with E-state index in [2.05, 4.69) is 43.7 Å². The van der Waals surface area contributed by atoms with Gasteiger partial charge in [0.25, 0.3) is 5.91 Å². The van der Waals surface area contributed by atoms with Crippen molar-refractivity contribution in [2.45, 2.75) is 32.7 Å². The summed E-state index contributed by atoms with van der Waals surface area (Å²) < 4.78 is 2.13. The van der Waals surface area contributed by atoms with Crippen LogP contribution in [0.3, 0.4) is 0 Å². The number of nitrogens with one attached hydrogen (secondary N) is 1. The zero-order valence-corrected chi connectivity index (χ0v) is 15.0. The molecule has 0 aliphatic rings. The molecule has 1 N–H and O–H groups in total. The molecule has 3 aromatic rings. The third-order valence-corrected chi connectivity index (χ3v) is 4.46. The minimum Gasteiger partial charge on any atom is -0.351 e. The topological polar surface area (TPSA) is 85.6 Å². The van der Waals surface area contributed by atoms with Gasteiger partial charge in [-0.25, -0.2) is 19.9 Å². The number of amides is 1. The van der Waals surface area contributed by atoms with Crippen LogP contribution in [0.5, 0.6) is 0 Å². The Bertz CT molecular complexity index is 827. The summed E-state index contributed by atoms with van der Waals surface area (Å²) in [5.74, 6) is 1.82. The Kier molecular flexibility index (Phi) is 5.49. The molecule has 0 saturated heterocycles. The molecule has 7 nitrogen and oxygen atoms in total. The summed E-state index contributed by atoms with van der Waals surface area (Å²) in [6, 6.07) is 1.75. The van der Waals surface area contributed by atoms with Crippen LogP contribution in [0.25, 0.3) is 10.8 Å². The first-order chi connectivity index (χ1) is 12.1. The third kappa shape index (κ3) is 4.27. The van der Waals surface area contributed by atoms with Crippen molar-refractivity contribution < 1.29 is 4.79 Å². The SMILES string of the molecule is CC(C)c1nccn1CCCNC(=O)c1csc(-c2ncccn2)n1. The largest absolute Gasteiger partial charge is 0.351 e. The lowest BCUT2D eigenvalue weighted by Gasteiger charge is -2.10. The molecule has 0 spiro atoms. The Hall–Kier alpha value is -2.61. The first-order valence-corrected chi connectivity index (χ1v) is 9.05. The van der Waals surface area contributed by atoms with Gasteiger partial charge in [-0.2, -0.15) is 0 Å². The number of carbonyl (C=O) groups is 1. The number of hydrogen-bond acceptors (Lipinski definition) is 6. The lowest BCUT2D eigenvalue weighted by molar-refractivity contribution is 0.0948. The monoisotopic (exact) mass is 356 g/mol. The molecule has 0 saturated carbocycles. The van der Waals surface area contributed by atoms with Crippen LogP contribution in [0.4, 0.5) is 0 Å². The quantitative estimate of drug-likeness (QED) is 0.658. The fraction of sp³-hybridized carbons (Fsp3) is 0.353. The molecular formula is C17H20N6OS. The number of aryl methyl sites for hydroxylation is 1. The molecular weight excluding hydrogens is 336 g/mol. The van der Waals surface area contributed by atoms with Crippen molar-refractivity contribution in [2.24, 2.45) is 0 Å². The molecule has 0 fully saturated rings. The highest BCUT2D eigenvalue weighted by Crippen LogP contribution is 2.19. The van der Waals surface area contributed by atoms with Gasteiger partial charge in [0, 0.05) is 49.2 Å². The molecule has 25 heavy (non-hydrogen) atoms. The smallest absolute Gasteiger partial charge is 0.270 e. The second-order valence-electron chi connectivity index (χ2n) is 5.85. The number of aromatic nitrogens is 5.